The van der Waals surface area contributed by atoms with Crippen molar-refractivity contribution in [3.8, 4) is 0 Å². The van der Waals surface area contributed by atoms with E-state index in [1.165, 1.54) is 6.42 Å². The summed E-state index contributed by atoms with van der Waals surface area (Å²) >= 11 is 0. The number of nitrogens with zero attached hydrogens (tertiary/aromatic N) is 2. The minimum Gasteiger partial charge on any atom is -0.372 e. The maximum absolute atomic E-state index is 16.1. The molecule has 0 bridgehead atoms. The van der Waals surface area contributed by atoms with Crippen LogP contribution in [0.25, 0.3) is 11.0 Å². The van der Waals surface area contributed by atoms with Crippen LogP contribution in [-0.2, 0) is 20.7 Å². The predicted molar refractivity (Wildman–Crippen MR) is 132 cm³/mol. The molecule has 3 N–H and O–H groups in total. The van der Waals surface area contributed by atoms with E-state index in [9.17, 15) is 19.2 Å². The van der Waals surface area contributed by atoms with Gasteiger partial charge in [-0.1, -0.05) is 24.4 Å². The fraction of sp³-hybridized carbons (Fsp3) is 0.577. The molecule has 3 fully saturated rings. The van der Waals surface area contributed by atoms with Gasteiger partial charge in [0, 0.05) is 19.5 Å². The number of ether oxygens (including phenoxy) is 1. The largest absolute Gasteiger partial charge is 0.372 e. The molecule has 0 unspecified atom stereocenters. The van der Waals surface area contributed by atoms with Gasteiger partial charge in [0.15, 0.2) is 16.9 Å². The first-order chi connectivity index (χ1) is 18.2. The number of morpholine rings is 1. The predicted octanol–water partition coefficient (Wildman–Crippen LogP) is 2.17. The Kier molecular flexibility index (Phi) is 5.89. The number of rotatable bonds is 3. The number of hydrogen-bond acceptors (Lipinski definition) is 8. The molecule has 6 rings (SSSR count). The van der Waals surface area contributed by atoms with Crippen LogP contribution in [0.4, 0.5) is 14.9 Å². The Morgan fingerprint density at radius 1 is 1.18 bits per heavy atom. The van der Waals surface area contributed by atoms with Crippen molar-refractivity contribution in [3.05, 3.63) is 23.1 Å². The molecule has 1 spiro atoms. The zero-order valence-electron chi connectivity index (χ0n) is 21.3. The van der Waals surface area contributed by atoms with Crippen molar-refractivity contribution < 1.29 is 32.8 Å². The number of aromatic nitrogens is 1. The third kappa shape index (κ3) is 3.68. The highest BCUT2D eigenvalue weighted by Gasteiger charge is 2.63. The van der Waals surface area contributed by atoms with Crippen molar-refractivity contribution in [1.29, 1.82) is 0 Å². The molecular weight excluding hydrogens is 497 g/mol. The normalized spacial score (nSPS) is 27.1. The van der Waals surface area contributed by atoms with Crippen LogP contribution < -0.4 is 20.9 Å². The summed E-state index contributed by atoms with van der Waals surface area (Å²) < 4.78 is 27.4. The highest BCUT2D eigenvalue weighted by Crippen LogP contribution is 2.49. The number of fused-ring (bicyclic) bond motifs is 5. The molecule has 1 aromatic heterocycles. The molecule has 3 aliphatic heterocycles. The first-order valence-corrected chi connectivity index (χ1v) is 13.2. The van der Waals surface area contributed by atoms with Crippen LogP contribution in [0.1, 0.15) is 62.0 Å². The van der Waals surface area contributed by atoms with E-state index in [1.54, 1.807) is 17.9 Å². The maximum Gasteiger partial charge on any atom is 0.328 e. The van der Waals surface area contributed by atoms with Gasteiger partial charge in [0.05, 0.1) is 29.3 Å². The molecule has 5 amide bonds. The van der Waals surface area contributed by atoms with Crippen molar-refractivity contribution in [2.24, 2.45) is 11.3 Å². The number of carbonyl (C=O) groups excluding carboxylic acids is 4. The summed E-state index contributed by atoms with van der Waals surface area (Å²) in [4.78, 5) is 53.3. The van der Waals surface area contributed by atoms with E-state index in [0.717, 1.165) is 25.7 Å². The van der Waals surface area contributed by atoms with Gasteiger partial charge >= 0.3 is 6.03 Å². The molecule has 2 saturated heterocycles. The fourth-order valence-electron chi connectivity index (χ4n) is 6.82. The van der Waals surface area contributed by atoms with Gasteiger partial charge < -0.3 is 19.5 Å². The third-order valence-electron chi connectivity index (χ3n) is 8.46. The molecule has 4 aliphatic rings. The van der Waals surface area contributed by atoms with Crippen molar-refractivity contribution in [2.75, 3.05) is 18.0 Å². The number of hydrogen-bond donors (Lipinski definition) is 3. The molecule has 38 heavy (non-hydrogen) atoms. The molecule has 3 atom stereocenters. The van der Waals surface area contributed by atoms with Crippen LogP contribution in [-0.4, -0.2) is 60.2 Å². The highest BCUT2D eigenvalue weighted by molar-refractivity contribution is 6.20. The van der Waals surface area contributed by atoms with Gasteiger partial charge in [-0.25, -0.2) is 9.18 Å². The van der Waals surface area contributed by atoms with Gasteiger partial charge in [0.2, 0.25) is 17.4 Å². The number of amides is 5. The number of imide groups is 2. The smallest absolute Gasteiger partial charge is 0.328 e. The first-order valence-electron chi connectivity index (χ1n) is 13.2. The third-order valence-corrected chi connectivity index (χ3v) is 8.46. The molecule has 202 valence electrons. The van der Waals surface area contributed by atoms with Crippen LogP contribution >= 0.6 is 0 Å². The van der Waals surface area contributed by atoms with Crippen LogP contribution in [0.3, 0.4) is 0 Å². The van der Waals surface area contributed by atoms with E-state index >= 15 is 4.39 Å². The number of halogens is 1. The van der Waals surface area contributed by atoms with E-state index in [2.05, 4.69) is 21.1 Å². The van der Waals surface area contributed by atoms with Gasteiger partial charge in [-0.15, -0.1) is 0 Å². The van der Waals surface area contributed by atoms with Crippen LogP contribution in [0.2, 0.25) is 0 Å². The maximum atomic E-state index is 16.1. The van der Waals surface area contributed by atoms with Gasteiger partial charge in [0.1, 0.15) is 0 Å². The van der Waals surface area contributed by atoms with Crippen molar-refractivity contribution >= 4 is 40.4 Å². The molecule has 12 heteroatoms. The second-order valence-corrected chi connectivity index (χ2v) is 11.0. The Bertz CT molecular complexity index is 1330. The molecule has 1 aliphatic carbocycles. The summed E-state index contributed by atoms with van der Waals surface area (Å²) in [6.45, 7) is 4.24. The van der Waals surface area contributed by atoms with Crippen LogP contribution in [0.15, 0.2) is 10.6 Å². The summed E-state index contributed by atoms with van der Waals surface area (Å²) in [6, 6.07) is -0.217. The lowest BCUT2D eigenvalue weighted by atomic mass is 9.66. The molecule has 2 aromatic rings. The minimum atomic E-state index is -1.75. The molecular formula is C26H30FN5O6. The Morgan fingerprint density at radius 3 is 2.61 bits per heavy atom. The molecule has 11 nitrogen and oxygen atoms in total. The fourth-order valence-corrected chi connectivity index (χ4v) is 6.82. The first kappa shape index (κ1) is 24.8. The quantitative estimate of drug-likeness (QED) is 0.516. The Morgan fingerprint density at radius 2 is 1.89 bits per heavy atom. The van der Waals surface area contributed by atoms with Gasteiger partial charge in [0.25, 0.3) is 5.91 Å². The number of benzene rings is 1. The van der Waals surface area contributed by atoms with Crippen LogP contribution in [0, 0.1) is 17.2 Å². The van der Waals surface area contributed by atoms with E-state index < -0.39 is 47.1 Å². The van der Waals surface area contributed by atoms with E-state index in [4.69, 9.17) is 9.26 Å². The van der Waals surface area contributed by atoms with E-state index in [-0.39, 0.29) is 41.4 Å². The second-order valence-electron chi connectivity index (χ2n) is 11.0. The molecule has 0 radical (unpaired) electrons. The van der Waals surface area contributed by atoms with Crippen molar-refractivity contribution in [2.45, 2.75) is 70.6 Å². The van der Waals surface area contributed by atoms with Crippen LogP contribution in [0.5, 0.6) is 0 Å². The zero-order valence-corrected chi connectivity index (χ0v) is 21.3. The standard InChI is InChI=1S/C26H30FN5O6/c1-12-11-32-19-15(9-26(21(32)13(2)37-12)23(34)29-25(36)30-24(26)35)8-16-18(31-38-20(16)17(19)27)22(33)28-10-14-6-4-3-5-7-14/h8,12-14,21H,3-7,9-11H2,1-2H3,(H,28,33)(H2,29,30,34,35,36)/t12-,13+,21-/m0/s1. The average Bonchev–Trinajstić information content (AvgIpc) is 3.30. The Hall–Kier alpha value is -3.54. The second kappa shape index (κ2) is 9.04. The topological polar surface area (TPSA) is 143 Å². The van der Waals surface area contributed by atoms with Gasteiger partial charge in [-0.3, -0.25) is 25.0 Å². The van der Waals surface area contributed by atoms with Gasteiger partial charge in [-0.05, 0) is 44.2 Å². The highest BCUT2D eigenvalue weighted by atomic mass is 19.1. The SMILES string of the molecule is C[C@H]1CN2c3c(cc4c(C(=O)NCC5CCCCC5)noc4c3F)CC3(C(=O)NC(=O)NC3=O)[C@@H]2[C@@H](C)O1. The van der Waals surface area contributed by atoms with Gasteiger partial charge in [-0.2, -0.15) is 0 Å². The summed E-state index contributed by atoms with van der Waals surface area (Å²) in [5.41, 5.74) is -1.44. The number of carbonyl (C=O) groups is 4. The summed E-state index contributed by atoms with van der Waals surface area (Å²) in [7, 11) is 0. The average molecular weight is 528 g/mol. The lowest BCUT2D eigenvalue weighted by Gasteiger charge is -2.55. The number of barbiturate groups is 1. The van der Waals surface area contributed by atoms with Crippen molar-refractivity contribution in [1.82, 2.24) is 21.1 Å². The van der Waals surface area contributed by atoms with E-state index in [1.807, 2.05) is 6.92 Å². The number of anilines is 1. The summed E-state index contributed by atoms with van der Waals surface area (Å²) in [6.07, 6.45) is 4.42. The Balaban J connectivity index is 1.43. The lowest BCUT2D eigenvalue weighted by Crippen LogP contribution is -2.75. The number of urea groups is 1. The summed E-state index contributed by atoms with van der Waals surface area (Å²) in [5.74, 6) is -2.33. The monoisotopic (exact) mass is 527 g/mol. The minimum absolute atomic E-state index is 0.0508. The lowest BCUT2D eigenvalue weighted by molar-refractivity contribution is -0.153. The molecule has 4 heterocycles. The summed E-state index contributed by atoms with van der Waals surface area (Å²) in [5, 5.41) is 11.4. The molecule has 1 aromatic carbocycles. The Labute approximate surface area is 217 Å². The van der Waals surface area contributed by atoms with Crippen molar-refractivity contribution in [3.63, 3.8) is 0 Å². The van der Waals surface area contributed by atoms with E-state index in [0.29, 0.717) is 18.0 Å². The molecule has 1 saturated carbocycles. The number of nitrogens with one attached hydrogen (secondary N) is 3. The zero-order chi connectivity index (χ0) is 26.8.